The summed E-state index contributed by atoms with van der Waals surface area (Å²) in [5, 5.41) is 0. The summed E-state index contributed by atoms with van der Waals surface area (Å²) in [6.07, 6.45) is 3.77. The van der Waals surface area contributed by atoms with Gasteiger partial charge in [0.1, 0.15) is 0 Å². The molecule has 4 atom stereocenters. The van der Waals surface area contributed by atoms with Crippen LogP contribution in [0, 0.1) is 5.41 Å². The highest BCUT2D eigenvalue weighted by molar-refractivity contribution is 4.89. The molecule has 0 saturated carbocycles. The quantitative estimate of drug-likeness (QED) is 0.509. The fraction of sp³-hybridized carbons (Fsp3) is 1.00. The van der Waals surface area contributed by atoms with Gasteiger partial charge in [-0.2, -0.15) is 0 Å². The third kappa shape index (κ3) is 7.71. The SMILES string of the molecule is CC(N)CC(CC(C)N)(CC(C)N)CC(C)N. The molecule has 0 aliphatic heterocycles. The Kier molecular flexibility index (Phi) is 7.24. The molecular weight excluding hydrogens is 212 g/mol. The zero-order chi connectivity index (χ0) is 13.6. The van der Waals surface area contributed by atoms with Crippen LogP contribution in [0.5, 0.6) is 0 Å². The first kappa shape index (κ1) is 16.8. The molecule has 0 aromatic rings. The van der Waals surface area contributed by atoms with Crippen molar-refractivity contribution in [3.05, 3.63) is 0 Å². The first-order chi connectivity index (χ1) is 7.67. The molecule has 0 amide bonds. The first-order valence-corrected chi connectivity index (χ1v) is 6.69. The van der Waals surface area contributed by atoms with Crippen molar-refractivity contribution in [3.8, 4) is 0 Å². The molecule has 4 nitrogen and oxygen atoms in total. The summed E-state index contributed by atoms with van der Waals surface area (Å²) in [6, 6.07) is 0.634. The van der Waals surface area contributed by atoms with Crippen LogP contribution in [-0.2, 0) is 0 Å². The van der Waals surface area contributed by atoms with E-state index in [0.717, 1.165) is 25.7 Å². The molecule has 0 heterocycles. The highest BCUT2D eigenvalue weighted by atomic mass is 14.7. The number of nitrogens with two attached hydrogens (primary N) is 4. The summed E-state index contributed by atoms with van der Waals surface area (Å²) >= 11 is 0. The lowest BCUT2D eigenvalue weighted by Gasteiger charge is -2.39. The fourth-order valence-electron chi connectivity index (χ4n) is 3.23. The molecule has 17 heavy (non-hydrogen) atoms. The maximum absolute atomic E-state index is 5.98. The minimum Gasteiger partial charge on any atom is -0.328 e. The van der Waals surface area contributed by atoms with Crippen LogP contribution in [0.2, 0.25) is 0 Å². The van der Waals surface area contributed by atoms with Gasteiger partial charge in [-0.15, -0.1) is 0 Å². The minimum atomic E-state index is 0.0880. The largest absolute Gasteiger partial charge is 0.328 e. The van der Waals surface area contributed by atoms with E-state index in [1.165, 1.54) is 0 Å². The second kappa shape index (κ2) is 7.31. The van der Waals surface area contributed by atoms with Gasteiger partial charge in [-0.3, -0.25) is 0 Å². The van der Waals surface area contributed by atoms with Gasteiger partial charge in [-0.25, -0.2) is 0 Å². The van der Waals surface area contributed by atoms with Crippen LogP contribution in [0.25, 0.3) is 0 Å². The smallest absolute Gasteiger partial charge is 0.00157 e. The molecule has 0 saturated heterocycles. The topological polar surface area (TPSA) is 104 Å². The van der Waals surface area contributed by atoms with Crippen molar-refractivity contribution in [2.75, 3.05) is 0 Å². The molecule has 4 unspecified atom stereocenters. The van der Waals surface area contributed by atoms with Crippen molar-refractivity contribution < 1.29 is 0 Å². The van der Waals surface area contributed by atoms with Gasteiger partial charge in [0.15, 0.2) is 0 Å². The monoisotopic (exact) mass is 244 g/mol. The molecule has 0 bridgehead atoms. The average molecular weight is 244 g/mol. The van der Waals surface area contributed by atoms with Crippen LogP contribution in [0.3, 0.4) is 0 Å². The summed E-state index contributed by atoms with van der Waals surface area (Å²) in [5.74, 6) is 0. The van der Waals surface area contributed by atoms with E-state index in [9.17, 15) is 0 Å². The Bertz CT molecular complexity index is 154. The van der Waals surface area contributed by atoms with Crippen LogP contribution >= 0.6 is 0 Å². The Labute approximate surface area is 106 Å². The lowest BCUT2D eigenvalue weighted by Crippen LogP contribution is -2.41. The molecule has 0 spiro atoms. The Morgan fingerprint density at radius 2 is 0.765 bits per heavy atom. The van der Waals surface area contributed by atoms with Crippen LogP contribution in [0.15, 0.2) is 0 Å². The van der Waals surface area contributed by atoms with Crippen LogP contribution < -0.4 is 22.9 Å². The molecule has 0 radical (unpaired) electrons. The summed E-state index contributed by atoms with van der Waals surface area (Å²) in [7, 11) is 0. The minimum absolute atomic E-state index is 0.0880. The van der Waals surface area contributed by atoms with Crippen molar-refractivity contribution in [3.63, 3.8) is 0 Å². The zero-order valence-electron chi connectivity index (χ0n) is 11.9. The maximum Gasteiger partial charge on any atom is 0.00157 e. The zero-order valence-corrected chi connectivity index (χ0v) is 11.9. The van der Waals surface area contributed by atoms with Gasteiger partial charge in [0.25, 0.3) is 0 Å². The van der Waals surface area contributed by atoms with E-state index < -0.39 is 0 Å². The van der Waals surface area contributed by atoms with Crippen molar-refractivity contribution in [2.45, 2.75) is 77.5 Å². The van der Waals surface area contributed by atoms with Gasteiger partial charge in [-0.1, -0.05) is 0 Å². The fourth-order valence-corrected chi connectivity index (χ4v) is 3.23. The molecule has 0 fully saturated rings. The Balaban J connectivity index is 4.89. The average Bonchev–Trinajstić information content (AvgIpc) is 1.95. The van der Waals surface area contributed by atoms with E-state index in [4.69, 9.17) is 22.9 Å². The van der Waals surface area contributed by atoms with E-state index in [1.54, 1.807) is 0 Å². The van der Waals surface area contributed by atoms with Crippen molar-refractivity contribution >= 4 is 0 Å². The predicted octanol–water partition coefficient (Wildman–Crippen LogP) is 0.922. The van der Waals surface area contributed by atoms with Gasteiger partial charge in [-0.05, 0) is 58.8 Å². The van der Waals surface area contributed by atoms with Gasteiger partial charge < -0.3 is 22.9 Å². The maximum atomic E-state index is 5.98. The lowest BCUT2D eigenvalue weighted by molar-refractivity contribution is 0.155. The van der Waals surface area contributed by atoms with Gasteiger partial charge in [0.05, 0.1) is 0 Å². The van der Waals surface area contributed by atoms with Gasteiger partial charge in [0, 0.05) is 24.2 Å². The molecule has 0 aromatic heterocycles. The molecule has 104 valence electrons. The number of hydrogen-bond donors (Lipinski definition) is 4. The van der Waals surface area contributed by atoms with Crippen LogP contribution in [0.1, 0.15) is 53.4 Å². The summed E-state index contributed by atoms with van der Waals surface area (Å²) in [5.41, 5.74) is 24.0. The third-order valence-corrected chi connectivity index (χ3v) is 3.02. The second-order valence-corrected chi connectivity index (χ2v) is 6.23. The summed E-state index contributed by atoms with van der Waals surface area (Å²) in [6.45, 7) is 8.16. The number of hydrogen-bond acceptors (Lipinski definition) is 4. The molecular formula is C13H32N4. The standard InChI is InChI=1S/C13H32N4/c1-9(14)5-13(6-10(2)15,7-11(3)16)8-12(4)17/h9-12H,5-8,14-17H2,1-4H3. The van der Waals surface area contributed by atoms with Crippen molar-refractivity contribution in [1.29, 1.82) is 0 Å². The molecule has 8 N–H and O–H groups in total. The van der Waals surface area contributed by atoms with Crippen LogP contribution in [-0.4, -0.2) is 24.2 Å². The van der Waals surface area contributed by atoms with E-state index in [0.29, 0.717) is 0 Å². The molecule has 0 rings (SSSR count). The number of rotatable bonds is 8. The van der Waals surface area contributed by atoms with E-state index in [-0.39, 0.29) is 29.6 Å². The van der Waals surface area contributed by atoms with E-state index in [1.807, 2.05) is 27.7 Å². The normalized spacial score (nSPS) is 22.6. The first-order valence-electron chi connectivity index (χ1n) is 6.69. The van der Waals surface area contributed by atoms with E-state index >= 15 is 0 Å². The predicted molar refractivity (Wildman–Crippen MR) is 75.5 cm³/mol. The Morgan fingerprint density at radius 3 is 0.882 bits per heavy atom. The molecule has 4 heteroatoms. The third-order valence-electron chi connectivity index (χ3n) is 3.02. The van der Waals surface area contributed by atoms with Crippen molar-refractivity contribution in [2.24, 2.45) is 28.3 Å². The lowest BCUT2D eigenvalue weighted by atomic mass is 9.69. The van der Waals surface area contributed by atoms with Gasteiger partial charge >= 0.3 is 0 Å². The molecule has 0 aromatic carbocycles. The highest BCUT2D eigenvalue weighted by Gasteiger charge is 2.33. The van der Waals surface area contributed by atoms with E-state index in [2.05, 4.69) is 0 Å². The Hall–Kier alpha value is -0.160. The molecule has 0 aliphatic carbocycles. The molecule has 0 aliphatic rings. The summed E-state index contributed by atoms with van der Waals surface area (Å²) < 4.78 is 0. The van der Waals surface area contributed by atoms with Crippen molar-refractivity contribution in [1.82, 2.24) is 0 Å². The Morgan fingerprint density at radius 1 is 0.588 bits per heavy atom. The highest BCUT2D eigenvalue weighted by Crippen LogP contribution is 2.38. The summed E-state index contributed by atoms with van der Waals surface area (Å²) in [4.78, 5) is 0. The van der Waals surface area contributed by atoms with Gasteiger partial charge in [0.2, 0.25) is 0 Å². The van der Waals surface area contributed by atoms with Crippen LogP contribution in [0.4, 0.5) is 0 Å². The second-order valence-electron chi connectivity index (χ2n) is 6.23.